The SMILES string of the molecule is O=[N+]([O-])c1ccc(Cc2cccc3ccccc23)cc1. The molecule has 0 bridgehead atoms. The molecular weight excluding hydrogens is 250 g/mol. The third-order valence-electron chi connectivity index (χ3n) is 3.42. The molecule has 3 nitrogen and oxygen atoms in total. The van der Waals surface area contributed by atoms with Crippen LogP contribution in [0.1, 0.15) is 11.1 Å². The van der Waals surface area contributed by atoms with Gasteiger partial charge in [0.25, 0.3) is 5.69 Å². The van der Waals surface area contributed by atoms with Crippen molar-refractivity contribution in [3.05, 3.63) is 88.0 Å². The van der Waals surface area contributed by atoms with E-state index in [0.717, 1.165) is 12.0 Å². The molecule has 0 fully saturated rings. The van der Waals surface area contributed by atoms with E-state index in [1.165, 1.54) is 16.3 Å². The van der Waals surface area contributed by atoms with E-state index in [1.807, 2.05) is 30.3 Å². The van der Waals surface area contributed by atoms with Gasteiger partial charge in [-0.3, -0.25) is 10.1 Å². The topological polar surface area (TPSA) is 43.1 Å². The Morgan fingerprint density at radius 1 is 0.850 bits per heavy atom. The monoisotopic (exact) mass is 263 g/mol. The molecule has 0 aliphatic heterocycles. The van der Waals surface area contributed by atoms with Gasteiger partial charge in [-0.25, -0.2) is 0 Å². The Morgan fingerprint density at radius 3 is 2.30 bits per heavy atom. The zero-order valence-electron chi connectivity index (χ0n) is 10.8. The Kier molecular flexibility index (Phi) is 3.17. The second-order valence-corrected chi connectivity index (χ2v) is 4.74. The summed E-state index contributed by atoms with van der Waals surface area (Å²) < 4.78 is 0. The third kappa shape index (κ3) is 2.38. The fourth-order valence-corrected chi connectivity index (χ4v) is 2.40. The molecule has 0 N–H and O–H groups in total. The highest BCUT2D eigenvalue weighted by molar-refractivity contribution is 5.85. The molecule has 0 saturated heterocycles. The van der Waals surface area contributed by atoms with Gasteiger partial charge in [0.15, 0.2) is 0 Å². The molecule has 0 aliphatic rings. The Morgan fingerprint density at radius 2 is 1.55 bits per heavy atom. The average molecular weight is 263 g/mol. The largest absolute Gasteiger partial charge is 0.269 e. The van der Waals surface area contributed by atoms with Crippen molar-refractivity contribution < 1.29 is 4.92 Å². The summed E-state index contributed by atoms with van der Waals surface area (Å²) in [6.45, 7) is 0. The number of non-ortho nitro benzene ring substituents is 1. The smallest absolute Gasteiger partial charge is 0.258 e. The second kappa shape index (κ2) is 5.13. The highest BCUT2D eigenvalue weighted by atomic mass is 16.6. The fraction of sp³-hybridized carbons (Fsp3) is 0.0588. The van der Waals surface area contributed by atoms with E-state index in [0.29, 0.717) is 0 Å². The summed E-state index contributed by atoms with van der Waals surface area (Å²) in [4.78, 5) is 10.3. The molecule has 0 radical (unpaired) electrons. The number of nitrogens with zero attached hydrogens (tertiary/aromatic N) is 1. The Labute approximate surface area is 116 Å². The predicted octanol–water partition coefficient (Wildman–Crippen LogP) is 4.34. The lowest BCUT2D eigenvalue weighted by atomic mass is 9.98. The van der Waals surface area contributed by atoms with Crippen LogP contribution in [-0.4, -0.2) is 4.92 Å². The van der Waals surface area contributed by atoms with Crippen LogP contribution >= 0.6 is 0 Å². The molecule has 98 valence electrons. The van der Waals surface area contributed by atoms with Crippen molar-refractivity contribution in [2.75, 3.05) is 0 Å². The maximum Gasteiger partial charge on any atom is 0.269 e. The van der Waals surface area contributed by atoms with E-state index >= 15 is 0 Å². The van der Waals surface area contributed by atoms with E-state index < -0.39 is 0 Å². The summed E-state index contributed by atoms with van der Waals surface area (Å²) in [6, 6.07) is 21.2. The van der Waals surface area contributed by atoms with E-state index in [9.17, 15) is 10.1 Å². The number of benzene rings is 3. The molecule has 0 unspecified atom stereocenters. The minimum absolute atomic E-state index is 0.131. The van der Waals surface area contributed by atoms with Crippen LogP contribution < -0.4 is 0 Å². The molecule has 3 aromatic carbocycles. The van der Waals surface area contributed by atoms with Crippen molar-refractivity contribution >= 4 is 16.5 Å². The highest BCUT2D eigenvalue weighted by Gasteiger charge is 2.06. The maximum atomic E-state index is 10.7. The first-order valence-electron chi connectivity index (χ1n) is 6.44. The Balaban J connectivity index is 1.95. The zero-order valence-corrected chi connectivity index (χ0v) is 10.8. The maximum absolute atomic E-state index is 10.7. The quantitative estimate of drug-likeness (QED) is 0.521. The predicted molar refractivity (Wildman–Crippen MR) is 79.9 cm³/mol. The average Bonchev–Trinajstić information content (AvgIpc) is 2.48. The van der Waals surface area contributed by atoms with E-state index in [1.54, 1.807) is 12.1 Å². The lowest BCUT2D eigenvalue weighted by Gasteiger charge is -2.06. The summed E-state index contributed by atoms with van der Waals surface area (Å²) in [5.41, 5.74) is 2.44. The third-order valence-corrected chi connectivity index (χ3v) is 3.42. The molecule has 0 aliphatic carbocycles. The van der Waals surface area contributed by atoms with Gasteiger partial charge < -0.3 is 0 Å². The first-order chi connectivity index (χ1) is 9.74. The summed E-state index contributed by atoms with van der Waals surface area (Å²) in [5.74, 6) is 0. The Bertz CT molecular complexity index is 758. The molecule has 3 aromatic rings. The first-order valence-corrected chi connectivity index (χ1v) is 6.44. The number of hydrogen-bond acceptors (Lipinski definition) is 2. The van der Waals surface area contributed by atoms with Crippen molar-refractivity contribution in [1.29, 1.82) is 0 Å². The van der Waals surface area contributed by atoms with Crippen molar-refractivity contribution in [3.8, 4) is 0 Å². The minimum atomic E-state index is -0.373. The summed E-state index contributed by atoms with van der Waals surface area (Å²) in [7, 11) is 0. The highest BCUT2D eigenvalue weighted by Crippen LogP contribution is 2.22. The van der Waals surface area contributed by atoms with Crippen LogP contribution in [0.2, 0.25) is 0 Å². The number of fused-ring (bicyclic) bond motifs is 1. The number of hydrogen-bond donors (Lipinski definition) is 0. The van der Waals surface area contributed by atoms with Gasteiger partial charge >= 0.3 is 0 Å². The van der Waals surface area contributed by atoms with E-state index in [2.05, 4.69) is 24.3 Å². The molecule has 0 aromatic heterocycles. The van der Waals surface area contributed by atoms with Crippen LogP contribution in [0.4, 0.5) is 5.69 Å². The van der Waals surface area contributed by atoms with Crippen LogP contribution in [0.15, 0.2) is 66.7 Å². The first kappa shape index (κ1) is 12.4. The van der Waals surface area contributed by atoms with E-state index in [4.69, 9.17) is 0 Å². The molecule has 20 heavy (non-hydrogen) atoms. The minimum Gasteiger partial charge on any atom is -0.258 e. The molecule has 0 spiro atoms. The van der Waals surface area contributed by atoms with Gasteiger partial charge in [0.1, 0.15) is 0 Å². The Hall–Kier alpha value is -2.68. The molecule has 0 amide bonds. The fourth-order valence-electron chi connectivity index (χ4n) is 2.40. The number of nitro benzene ring substituents is 1. The lowest BCUT2D eigenvalue weighted by molar-refractivity contribution is -0.384. The molecule has 3 rings (SSSR count). The molecule has 0 atom stereocenters. The van der Waals surface area contributed by atoms with Crippen LogP contribution in [0.5, 0.6) is 0 Å². The number of rotatable bonds is 3. The summed E-state index contributed by atoms with van der Waals surface area (Å²) in [5, 5.41) is 13.1. The van der Waals surface area contributed by atoms with E-state index in [-0.39, 0.29) is 10.6 Å². The van der Waals surface area contributed by atoms with Crippen LogP contribution in [0.25, 0.3) is 10.8 Å². The van der Waals surface area contributed by atoms with Gasteiger partial charge in [-0.05, 0) is 28.3 Å². The van der Waals surface area contributed by atoms with Crippen LogP contribution in [0, 0.1) is 10.1 Å². The van der Waals surface area contributed by atoms with Crippen molar-refractivity contribution in [3.63, 3.8) is 0 Å². The summed E-state index contributed by atoms with van der Waals surface area (Å²) >= 11 is 0. The lowest BCUT2D eigenvalue weighted by Crippen LogP contribution is -1.92. The van der Waals surface area contributed by atoms with Crippen molar-refractivity contribution in [1.82, 2.24) is 0 Å². The van der Waals surface area contributed by atoms with Gasteiger partial charge in [-0.15, -0.1) is 0 Å². The molecule has 0 saturated carbocycles. The normalized spacial score (nSPS) is 10.6. The second-order valence-electron chi connectivity index (χ2n) is 4.74. The zero-order chi connectivity index (χ0) is 13.9. The standard InChI is InChI=1S/C17H13NO2/c19-18(20)16-10-8-13(9-11-16)12-15-6-3-5-14-4-1-2-7-17(14)15/h1-11H,12H2. The molecule has 0 heterocycles. The molecular formula is C17H13NO2. The number of nitro groups is 1. The van der Waals surface area contributed by atoms with Gasteiger partial charge in [0.2, 0.25) is 0 Å². The molecule has 3 heteroatoms. The van der Waals surface area contributed by atoms with Gasteiger partial charge in [-0.1, -0.05) is 54.6 Å². The van der Waals surface area contributed by atoms with Crippen LogP contribution in [-0.2, 0) is 6.42 Å². The van der Waals surface area contributed by atoms with Gasteiger partial charge in [-0.2, -0.15) is 0 Å². The van der Waals surface area contributed by atoms with Gasteiger partial charge in [0, 0.05) is 12.1 Å². The van der Waals surface area contributed by atoms with Crippen molar-refractivity contribution in [2.45, 2.75) is 6.42 Å². The van der Waals surface area contributed by atoms with Gasteiger partial charge in [0.05, 0.1) is 4.92 Å². The van der Waals surface area contributed by atoms with Crippen LogP contribution in [0.3, 0.4) is 0 Å². The summed E-state index contributed by atoms with van der Waals surface area (Å²) in [6.07, 6.45) is 0.777. The van der Waals surface area contributed by atoms with Crippen molar-refractivity contribution in [2.24, 2.45) is 0 Å².